The molecule has 0 aliphatic heterocycles. The number of esters is 1. The molecule has 0 atom stereocenters. The zero-order chi connectivity index (χ0) is 11.7. The third kappa shape index (κ3) is 1.88. The lowest BCUT2D eigenvalue weighted by Crippen LogP contribution is -2.09. The molecule has 0 spiro atoms. The van der Waals surface area contributed by atoms with Crippen molar-refractivity contribution < 1.29 is 9.53 Å². The first-order valence-electron chi connectivity index (χ1n) is 4.79. The number of aromatic nitrogens is 2. The van der Waals surface area contributed by atoms with Crippen LogP contribution >= 0.6 is 11.6 Å². The van der Waals surface area contributed by atoms with Crippen molar-refractivity contribution in [1.29, 1.82) is 0 Å². The van der Waals surface area contributed by atoms with Gasteiger partial charge in [-0.25, -0.2) is 4.98 Å². The Balaban J connectivity index is 2.48. The third-order valence-corrected chi connectivity index (χ3v) is 2.70. The number of nitrogens with zero attached hydrogens (tertiary/aromatic N) is 2. The lowest BCUT2D eigenvalue weighted by molar-refractivity contribution is -0.139. The highest BCUT2D eigenvalue weighted by atomic mass is 35.5. The second kappa shape index (κ2) is 4.14. The van der Waals surface area contributed by atoms with E-state index < -0.39 is 0 Å². The summed E-state index contributed by atoms with van der Waals surface area (Å²) in [7, 11) is 3.21. The summed E-state index contributed by atoms with van der Waals surface area (Å²) in [6.45, 7) is 0. The van der Waals surface area contributed by atoms with E-state index in [0.717, 1.165) is 11.0 Å². The van der Waals surface area contributed by atoms with Crippen molar-refractivity contribution in [2.45, 2.75) is 6.42 Å². The van der Waals surface area contributed by atoms with Crippen LogP contribution in [0.5, 0.6) is 0 Å². The number of aryl methyl sites for hydroxylation is 1. The maximum Gasteiger partial charge on any atom is 0.313 e. The van der Waals surface area contributed by atoms with Crippen LogP contribution in [0.25, 0.3) is 11.0 Å². The van der Waals surface area contributed by atoms with Crippen LogP contribution in [0.4, 0.5) is 0 Å². The molecule has 0 saturated carbocycles. The molecule has 0 N–H and O–H groups in total. The van der Waals surface area contributed by atoms with Gasteiger partial charge < -0.3 is 9.30 Å². The molecule has 1 aromatic carbocycles. The summed E-state index contributed by atoms with van der Waals surface area (Å²) < 4.78 is 6.46. The van der Waals surface area contributed by atoms with Crippen molar-refractivity contribution in [1.82, 2.24) is 9.55 Å². The minimum absolute atomic E-state index is 0.166. The highest BCUT2D eigenvalue weighted by Gasteiger charge is 2.11. The Morgan fingerprint density at radius 1 is 1.56 bits per heavy atom. The first-order chi connectivity index (χ1) is 7.61. The van der Waals surface area contributed by atoms with E-state index in [-0.39, 0.29) is 12.4 Å². The van der Waals surface area contributed by atoms with Gasteiger partial charge in [-0.1, -0.05) is 11.6 Å². The highest BCUT2D eigenvalue weighted by molar-refractivity contribution is 6.31. The monoisotopic (exact) mass is 238 g/mol. The second-order valence-corrected chi connectivity index (χ2v) is 3.91. The molecule has 16 heavy (non-hydrogen) atoms. The van der Waals surface area contributed by atoms with E-state index in [4.69, 9.17) is 11.6 Å². The number of carbonyl (C=O) groups excluding carboxylic acids is 1. The van der Waals surface area contributed by atoms with Gasteiger partial charge in [-0.2, -0.15) is 0 Å². The molecule has 2 rings (SSSR count). The average Bonchev–Trinajstić information content (AvgIpc) is 2.56. The Labute approximate surface area is 97.8 Å². The Morgan fingerprint density at radius 2 is 2.31 bits per heavy atom. The number of fused-ring (bicyclic) bond motifs is 1. The number of benzene rings is 1. The molecule has 1 aromatic heterocycles. The van der Waals surface area contributed by atoms with Crippen molar-refractivity contribution in [2.24, 2.45) is 7.05 Å². The number of hydrogen-bond acceptors (Lipinski definition) is 3. The van der Waals surface area contributed by atoms with Crippen LogP contribution in [0.15, 0.2) is 18.2 Å². The first-order valence-corrected chi connectivity index (χ1v) is 5.17. The number of rotatable bonds is 2. The van der Waals surface area contributed by atoms with E-state index in [1.54, 1.807) is 6.07 Å². The van der Waals surface area contributed by atoms with E-state index in [9.17, 15) is 4.79 Å². The predicted octanol–water partition coefficient (Wildman–Crippen LogP) is 1.94. The molecule has 5 heteroatoms. The van der Waals surface area contributed by atoms with Crippen LogP contribution < -0.4 is 0 Å². The summed E-state index contributed by atoms with van der Waals surface area (Å²) in [6, 6.07) is 5.43. The van der Waals surface area contributed by atoms with Crippen LogP contribution in [0.2, 0.25) is 5.02 Å². The van der Waals surface area contributed by atoms with Crippen molar-refractivity contribution >= 4 is 28.6 Å². The van der Waals surface area contributed by atoms with Gasteiger partial charge in [0.25, 0.3) is 0 Å². The van der Waals surface area contributed by atoms with Gasteiger partial charge in [0, 0.05) is 12.1 Å². The van der Waals surface area contributed by atoms with Crippen LogP contribution in [0, 0.1) is 0 Å². The number of ether oxygens (including phenoxy) is 1. The summed E-state index contributed by atoms with van der Waals surface area (Å²) in [5, 5.41) is 0.653. The van der Waals surface area contributed by atoms with E-state index >= 15 is 0 Å². The van der Waals surface area contributed by atoms with Crippen molar-refractivity contribution in [3.8, 4) is 0 Å². The molecular weight excluding hydrogens is 228 g/mol. The maximum absolute atomic E-state index is 11.2. The van der Waals surface area contributed by atoms with Crippen LogP contribution in [-0.4, -0.2) is 22.6 Å². The lowest BCUT2D eigenvalue weighted by atomic mass is 10.3. The summed E-state index contributed by atoms with van der Waals surface area (Å²) >= 11 is 5.90. The average molecular weight is 239 g/mol. The molecule has 4 nitrogen and oxygen atoms in total. The number of carbonyl (C=O) groups is 1. The maximum atomic E-state index is 11.2. The minimum atomic E-state index is -0.301. The van der Waals surface area contributed by atoms with Crippen LogP contribution in [0.1, 0.15) is 5.82 Å². The quantitative estimate of drug-likeness (QED) is 0.751. The third-order valence-electron chi connectivity index (χ3n) is 2.47. The van der Waals surface area contributed by atoms with Gasteiger partial charge in [0.05, 0.1) is 18.1 Å². The normalized spacial score (nSPS) is 10.7. The van der Waals surface area contributed by atoms with E-state index in [0.29, 0.717) is 10.8 Å². The van der Waals surface area contributed by atoms with E-state index in [2.05, 4.69) is 9.72 Å². The molecule has 0 unspecified atom stereocenters. The zero-order valence-electron chi connectivity index (χ0n) is 9.03. The van der Waals surface area contributed by atoms with E-state index in [1.807, 2.05) is 23.7 Å². The van der Waals surface area contributed by atoms with Crippen LogP contribution in [0.3, 0.4) is 0 Å². The Morgan fingerprint density at radius 3 is 3.00 bits per heavy atom. The molecule has 0 bridgehead atoms. The molecule has 84 valence electrons. The van der Waals surface area contributed by atoms with Gasteiger partial charge in [-0.05, 0) is 18.2 Å². The topological polar surface area (TPSA) is 44.1 Å². The van der Waals surface area contributed by atoms with Crippen molar-refractivity contribution in [3.05, 3.63) is 29.0 Å². The molecular formula is C11H11ClN2O2. The highest BCUT2D eigenvalue weighted by Crippen LogP contribution is 2.19. The van der Waals surface area contributed by atoms with Gasteiger partial charge in [0.15, 0.2) is 0 Å². The molecule has 0 fully saturated rings. The molecule has 0 saturated heterocycles. The Hall–Kier alpha value is -1.55. The standard InChI is InChI=1S/C11H11ClN2O2/c1-14-9-5-7(12)3-4-8(9)13-10(14)6-11(15)16-2/h3-5H,6H2,1-2H3. The molecule has 1 heterocycles. The number of hydrogen-bond donors (Lipinski definition) is 0. The summed E-state index contributed by atoms with van der Waals surface area (Å²) in [6.07, 6.45) is 0.166. The summed E-state index contributed by atoms with van der Waals surface area (Å²) in [5.41, 5.74) is 1.73. The molecule has 2 aromatic rings. The van der Waals surface area contributed by atoms with Gasteiger partial charge in [-0.3, -0.25) is 4.79 Å². The van der Waals surface area contributed by atoms with Gasteiger partial charge >= 0.3 is 5.97 Å². The largest absolute Gasteiger partial charge is 0.469 e. The van der Waals surface area contributed by atoms with Crippen molar-refractivity contribution in [2.75, 3.05) is 7.11 Å². The second-order valence-electron chi connectivity index (χ2n) is 3.47. The fraction of sp³-hybridized carbons (Fsp3) is 0.273. The summed E-state index contributed by atoms with van der Waals surface area (Å²) in [4.78, 5) is 15.5. The van der Waals surface area contributed by atoms with Gasteiger partial charge in [-0.15, -0.1) is 0 Å². The number of halogens is 1. The zero-order valence-corrected chi connectivity index (χ0v) is 9.78. The Kier molecular flexibility index (Phi) is 2.83. The van der Waals surface area contributed by atoms with Crippen molar-refractivity contribution in [3.63, 3.8) is 0 Å². The van der Waals surface area contributed by atoms with Gasteiger partial charge in [0.2, 0.25) is 0 Å². The summed E-state index contributed by atoms with van der Waals surface area (Å²) in [5.74, 6) is 0.369. The molecule has 0 radical (unpaired) electrons. The number of methoxy groups -OCH3 is 1. The fourth-order valence-electron chi connectivity index (χ4n) is 1.57. The predicted molar refractivity (Wildman–Crippen MR) is 61.4 cm³/mol. The van der Waals surface area contributed by atoms with E-state index in [1.165, 1.54) is 7.11 Å². The SMILES string of the molecule is COC(=O)Cc1nc2ccc(Cl)cc2n1C. The van der Waals surface area contributed by atoms with Gasteiger partial charge in [0.1, 0.15) is 12.2 Å². The van der Waals surface area contributed by atoms with Crippen LogP contribution in [-0.2, 0) is 23.0 Å². The first kappa shape index (κ1) is 11.0. The molecule has 0 aliphatic rings. The fourth-order valence-corrected chi connectivity index (χ4v) is 1.74. The number of imidazole rings is 1. The molecule has 0 amide bonds. The molecule has 0 aliphatic carbocycles. The minimum Gasteiger partial charge on any atom is -0.469 e. The smallest absolute Gasteiger partial charge is 0.313 e. The lowest BCUT2D eigenvalue weighted by Gasteiger charge is -2.00. The Bertz CT molecular complexity index is 548.